The minimum atomic E-state index is -0.330. The molecule has 1 aliphatic heterocycles. The van der Waals surface area contributed by atoms with Crippen LogP contribution in [0.4, 0.5) is 0 Å². The number of pyridine rings is 1. The number of rotatable bonds is 3. The maximum absolute atomic E-state index is 11.9. The molecule has 1 unspecified atom stereocenters. The molecule has 1 aromatic rings. The average molecular weight is 258 g/mol. The summed E-state index contributed by atoms with van der Waals surface area (Å²) < 4.78 is 0. The van der Waals surface area contributed by atoms with Crippen molar-refractivity contribution in [2.24, 2.45) is 5.41 Å². The Morgan fingerprint density at radius 3 is 3.16 bits per heavy atom. The Hall–Kier alpha value is -1.93. The van der Waals surface area contributed by atoms with Crippen LogP contribution in [0, 0.1) is 16.7 Å². The number of nitrogens with one attached hydrogen (secondary N) is 1. The van der Waals surface area contributed by atoms with Crippen LogP contribution in [0.1, 0.15) is 24.6 Å². The van der Waals surface area contributed by atoms with Gasteiger partial charge in [-0.25, -0.2) is 4.98 Å². The Morgan fingerprint density at radius 1 is 1.68 bits per heavy atom. The van der Waals surface area contributed by atoms with Gasteiger partial charge >= 0.3 is 0 Å². The van der Waals surface area contributed by atoms with Gasteiger partial charge in [0.15, 0.2) is 0 Å². The third-order valence-corrected chi connectivity index (χ3v) is 3.72. The summed E-state index contributed by atoms with van der Waals surface area (Å²) in [4.78, 5) is 18.1. The van der Waals surface area contributed by atoms with Crippen LogP contribution in [-0.4, -0.2) is 35.9 Å². The molecule has 0 radical (unpaired) electrons. The fraction of sp³-hybridized carbons (Fsp3) is 0.500. The number of carbonyl (C=O) groups is 1. The van der Waals surface area contributed by atoms with Crippen molar-refractivity contribution in [1.29, 1.82) is 5.26 Å². The van der Waals surface area contributed by atoms with E-state index in [0.717, 1.165) is 18.5 Å². The summed E-state index contributed by atoms with van der Waals surface area (Å²) in [5.74, 6) is 0.0849. The van der Waals surface area contributed by atoms with Crippen molar-refractivity contribution >= 4 is 5.91 Å². The summed E-state index contributed by atoms with van der Waals surface area (Å²) in [6.45, 7) is 4.24. The van der Waals surface area contributed by atoms with Crippen LogP contribution >= 0.6 is 0 Å². The van der Waals surface area contributed by atoms with E-state index in [0.29, 0.717) is 18.8 Å². The first kappa shape index (κ1) is 13.5. The molecular weight excluding hydrogens is 240 g/mol. The number of aromatic nitrogens is 1. The third-order valence-electron chi connectivity index (χ3n) is 3.72. The van der Waals surface area contributed by atoms with Crippen LogP contribution in [0.5, 0.6) is 0 Å². The Balaban J connectivity index is 2.07. The van der Waals surface area contributed by atoms with Gasteiger partial charge in [0.2, 0.25) is 5.91 Å². The van der Waals surface area contributed by atoms with Gasteiger partial charge in [-0.1, -0.05) is 6.07 Å². The zero-order valence-electron chi connectivity index (χ0n) is 11.3. The van der Waals surface area contributed by atoms with Crippen LogP contribution in [0.2, 0.25) is 0 Å². The van der Waals surface area contributed by atoms with E-state index in [2.05, 4.69) is 21.3 Å². The Kier molecular flexibility index (Phi) is 3.82. The molecule has 0 aromatic carbocycles. The minimum absolute atomic E-state index is 0.0849. The van der Waals surface area contributed by atoms with E-state index in [1.54, 1.807) is 13.2 Å². The summed E-state index contributed by atoms with van der Waals surface area (Å²) in [7, 11) is 1.67. The Labute approximate surface area is 113 Å². The monoisotopic (exact) mass is 258 g/mol. The molecule has 0 aliphatic carbocycles. The average Bonchev–Trinajstić information content (AvgIpc) is 2.81. The molecule has 1 atom stereocenters. The lowest BCUT2D eigenvalue weighted by atomic mass is 9.89. The second kappa shape index (κ2) is 5.37. The molecule has 5 heteroatoms. The lowest BCUT2D eigenvalue weighted by Gasteiger charge is -2.22. The smallest absolute Gasteiger partial charge is 0.227 e. The van der Waals surface area contributed by atoms with Gasteiger partial charge in [0.25, 0.3) is 0 Å². The zero-order chi connectivity index (χ0) is 13.9. The fourth-order valence-electron chi connectivity index (χ4n) is 2.59. The predicted octanol–water partition coefficient (Wildman–Crippen LogP) is 0.911. The number of carbonyl (C=O) groups excluding carboxylic acids is 1. The summed E-state index contributed by atoms with van der Waals surface area (Å²) in [6, 6.07) is 5.86. The summed E-state index contributed by atoms with van der Waals surface area (Å²) in [5.41, 5.74) is 1.06. The van der Waals surface area contributed by atoms with E-state index in [1.165, 1.54) is 0 Å². The highest BCUT2D eigenvalue weighted by Gasteiger charge is 2.39. The number of nitrogens with zero attached hydrogens (tertiary/aromatic N) is 3. The number of likely N-dealkylation sites (tertiary alicyclic amines) is 1. The van der Waals surface area contributed by atoms with Crippen LogP contribution in [-0.2, 0) is 11.3 Å². The fourth-order valence-corrected chi connectivity index (χ4v) is 2.59. The van der Waals surface area contributed by atoms with Gasteiger partial charge in [-0.15, -0.1) is 0 Å². The van der Waals surface area contributed by atoms with E-state index in [4.69, 9.17) is 5.26 Å². The maximum atomic E-state index is 11.9. The molecule has 0 spiro atoms. The Morgan fingerprint density at radius 2 is 2.47 bits per heavy atom. The first-order valence-electron chi connectivity index (χ1n) is 6.37. The zero-order valence-corrected chi connectivity index (χ0v) is 11.3. The molecule has 100 valence electrons. The van der Waals surface area contributed by atoms with Crippen LogP contribution in [0.15, 0.2) is 18.3 Å². The Bertz CT molecular complexity index is 522. The van der Waals surface area contributed by atoms with Crippen molar-refractivity contribution in [3.8, 4) is 6.07 Å². The normalized spacial score (nSPS) is 23.0. The van der Waals surface area contributed by atoms with Crippen molar-refractivity contribution in [3.63, 3.8) is 0 Å². The molecule has 0 bridgehead atoms. The first-order chi connectivity index (χ1) is 9.09. The highest BCUT2D eigenvalue weighted by molar-refractivity contribution is 5.82. The number of amides is 1. The topological polar surface area (TPSA) is 69.0 Å². The lowest BCUT2D eigenvalue weighted by Crippen LogP contribution is -2.39. The molecule has 1 fully saturated rings. The van der Waals surface area contributed by atoms with Gasteiger partial charge in [-0.3, -0.25) is 9.69 Å². The second-order valence-corrected chi connectivity index (χ2v) is 5.22. The van der Waals surface area contributed by atoms with Gasteiger partial charge < -0.3 is 5.32 Å². The number of hydrogen-bond donors (Lipinski definition) is 1. The van der Waals surface area contributed by atoms with E-state index in [1.807, 2.05) is 19.1 Å². The summed E-state index contributed by atoms with van der Waals surface area (Å²) >= 11 is 0. The van der Waals surface area contributed by atoms with Gasteiger partial charge in [0, 0.05) is 31.9 Å². The second-order valence-electron chi connectivity index (χ2n) is 5.22. The highest BCUT2D eigenvalue weighted by atomic mass is 16.2. The standard InChI is InChI=1S/C14H18N4O/c1-14(13(19)16-2)5-7-18(10-14)9-11-4-3-6-17-12(11)8-15/h3-4,6H,5,7,9-10H2,1-2H3,(H,16,19). The van der Waals surface area contributed by atoms with Crippen molar-refractivity contribution in [2.75, 3.05) is 20.1 Å². The minimum Gasteiger partial charge on any atom is -0.359 e. The van der Waals surface area contributed by atoms with Crippen molar-refractivity contribution in [2.45, 2.75) is 19.9 Å². The van der Waals surface area contributed by atoms with Crippen LogP contribution < -0.4 is 5.32 Å². The molecule has 5 nitrogen and oxygen atoms in total. The number of nitriles is 1. The van der Waals surface area contributed by atoms with E-state index >= 15 is 0 Å². The van der Waals surface area contributed by atoms with Crippen molar-refractivity contribution < 1.29 is 4.79 Å². The van der Waals surface area contributed by atoms with Gasteiger partial charge in [0.1, 0.15) is 11.8 Å². The highest BCUT2D eigenvalue weighted by Crippen LogP contribution is 2.31. The summed E-state index contributed by atoms with van der Waals surface area (Å²) in [6.07, 6.45) is 2.47. The lowest BCUT2D eigenvalue weighted by molar-refractivity contribution is -0.129. The van der Waals surface area contributed by atoms with Gasteiger partial charge in [-0.2, -0.15) is 5.26 Å². The molecule has 19 heavy (non-hydrogen) atoms. The van der Waals surface area contributed by atoms with Crippen LogP contribution in [0.25, 0.3) is 0 Å². The maximum Gasteiger partial charge on any atom is 0.227 e. The molecule has 1 amide bonds. The molecule has 1 N–H and O–H groups in total. The van der Waals surface area contributed by atoms with Gasteiger partial charge in [-0.05, 0) is 26.0 Å². The first-order valence-corrected chi connectivity index (χ1v) is 6.37. The molecule has 1 aliphatic rings. The molecule has 2 rings (SSSR count). The van der Waals surface area contributed by atoms with Crippen molar-refractivity contribution in [3.05, 3.63) is 29.6 Å². The largest absolute Gasteiger partial charge is 0.359 e. The molecule has 0 saturated carbocycles. The molecule has 2 heterocycles. The van der Waals surface area contributed by atoms with E-state index in [9.17, 15) is 4.79 Å². The van der Waals surface area contributed by atoms with E-state index < -0.39 is 0 Å². The summed E-state index contributed by atoms with van der Waals surface area (Å²) in [5, 5.41) is 11.8. The van der Waals surface area contributed by atoms with Crippen molar-refractivity contribution in [1.82, 2.24) is 15.2 Å². The molecular formula is C14H18N4O. The SMILES string of the molecule is CNC(=O)C1(C)CCN(Cc2cccnc2C#N)C1. The van der Waals surface area contributed by atoms with Gasteiger partial charge in [0.05, 0.1) is 5.41 Å². The molecule has 1 aromatic heterocycles. The molecule has 1 saturated heterocycles. The van der Waals surface area contributed by atoms with Crippen LogP contribution in [0.3, 0.4) is 0 Å². The quantitative estimate of drug-likeness (QED) is 0.875. The number of hydrogen-bond acceptors (Lipinski definition) is 4. The predicted molar refractivity (Wildman–Crippen MR) is 71.0 cm³/mol. The third kappa shape index (κ3) is 2.74. The van der Waals surface area contributed by atoms with E-state index in [-0.39, 0.29) is 11.3 Å².